The van der Waals surface area contributed by atoms with Gasteiger partial charge in [0.2, 0.25) is 0 Å². The Hall–Kier alpha value is -1.00. The van der Waals surface area contributed by atoms with Gasteiger partial charge in [-0.1, -0.05) is 17.7 Å². The third-order valence-corrected chi connectivity index (χ3v) is 3.95. The number of benzene rings is 1. The molecule has 1 saturated heterocycles. The molecule has 0 aliphatic carbocycles. The highest BCUT2D eigenvalue weighted by atomic mass is 32.2. The Kier molecular flexibility index (Phi) is 3.51. The lowest BCUT2D eigenvalue weighted by Crippen LogP contribution is -2.29. The highest BCUT2D eigenvalue weighted by Gasteiger charge is 2.29. The largest absolute Gasteiger partial charge is 0.480 e. The molecular weight excluding hydrogens is 222 g/mol. The standard InChI is InChI=1S/C12H15NO2S/c1-8-2-4-9(5-3-8)16-10-6-11(12(14)15)13-7-10/h2-5,10-11,13H,6-7H2,1H3,(H,14,15)/t10-,11+/m1/s1. The average Bonchev–Trinajstić information content (AvgIpc) is 2.70. The van der Waals surface area contributed by atoms with Crippen molar-refractivity contribution < 1.29 is 9.90 Å². The summed E-state index contributed by atoms with van der Waals surface area (Å²) in [5.74, 6) is -0.744. The molecule has 1 fully saturated rings. The van der Waals surface area contributed by atoms with Crippen molar-refractivity contribution in [2.75, 3.05) is 6.54 Å². The van der Waals surface area contributed by atoms with Gasteiger partial charge in [0.15, 0.2) is 0 Å². The molecule has 1 aromatic carbocycles. The van der Waals surface area contributed by atoms with Gasteiger partial charge in [-0.2, -0.15) is 0 Å². The number of hydrogen-bond donors (Lipinski definition) is 2. The minimum absolute atomic E-state index is 0.365. The van der Waals surface area contributed by atoms with Crippen molar-refractivity contribution in [1.29, 1.82) is 0 Å². The monoisotopic (exact) mass is 237 g/mol. The maximum Gasteiger partial charge on any atom is 0.320 e. The van der Waals surface area contributed by atoms with Crippen LogP contribution in [-0.2, 0) is 4.79 Å². The molecule has 3 nitrogen and oxygen atoms in total. The topological polar surface area (TPSA) is 49.3 Å². The van der Waals surface area contributed by atoms with Crippen molar-refractivity contribution >= 4 is 17.7 Å². The number of rotatable bonds is 3. The molecule has 2 N–H and O–H groups in total. The average molecular weight is 237 g/mol. The fourth-order valence-corrected chi connectivity index (χ4v) is 2.94. The Morgan fingerprint density at radius 1 is 1.44 bits per heavy atom. The maximum atomic E-state index is 10.8. The summed E-state index contributed by atoms with van der Waals surface area (Å²) >= 11 is 1.76. The van der Waals surface area contributed by atoms with E-state index < -0.39 is 5.97 Å². The summed E-state index contributed by atoms with van der Waals surface area (Å²) in [6.07, 6.45) is 0.702. The highest BCUT2D eigenvalue weighted by Crippen LogP contribution is 2.28. The molecule has 4 heteroatoms. The quantitative estimate of drug-likeness (QED) is 0.843. The van der Waals surface area contributed by atoms with Crippen LogP contribution in [0.5, 0.6) is 0 Å². The van der Waals surface area contributed by atoms with Crippen LogP contribution in [0.2, 0.25) is 0 Å². The van der Waals surface area contributed by atoms with Crippen LogP contribution in [0.15, 0.2) is 29.2 Å². The van der Waals surface area contributed by atoms with Gasteiger partial charge < -0.3 is 10.4 Å². The molecule has 1 aliphatic heterocycles. The second-order valence-electron chi connectivity index (χ2n) is 4.09. The Balaban J connectivity index is 1.92. The third kappa shape index (κ3) is 2.77. The minimum atomic E-state index is -0.744. The number of carbonyl (C=O) groups is 1. The summed E-state index contributed by atoms with van der Waals surface area (Å²) in [4.78, 5) is 12.0. The predicted octanol–water partition coefficient (Wildman–Crippen LogP) is 1.90. The smallest absolute Gasteiger partial charge is 0.320 e. The highest BCUT2D eigenvalue weighted by molar-refractivity contribution is 8.00. The Bertz CT molecular complexity index is 377. The first-order valence-electron chi connectivity index (χ1n) is 5.34. The summed E-state index contributed by atoms with van der Waals surface area (Å²) in [5.41, 5.74) is 1.25. The van der Waals surface area contributed by atoms with Gasteiger partial charge >= 0.3 is 5.97 Å². The normalized spacial score (nSPS) is 24.6. The van der Waals surface area contributed by atoms with Crippen LogP contribution in [0.1, 0.15) is 12.0 Å². The van der Waals surface area contributed by atoms with E-state index in [1.54, 1.807) is 11.8 Å². The van der Waals surface area contributed by atoms with Crippen molar-refractivity contribution in [3.8, 4) is 0 Å². The van der Waals surface area contributed by atoms with Crippen LogP contribution in [-0.4, -0.2) is 28.9 Å². The van der Waals surface area contributed by atoms with Gasteiger partial charge in [0.25, 0.3) is 0 Å². The lowest BCUT2D eigenvalue weighted by atomic mass is 10.2. The molecule has 0 amide bonds. The summed E-state index contributed by atoms with van der Waals surface area (Å²) < 4.78 is 0. The van der Waals surface area contributed by atoms with Gasteiger partial charge in [-0.3, -0.25) is 4.79 Å². The van der Waals surface area contributed by atoms with Crippen molar-refractivity contribution in [2.24, 2.45) is 0 Å². The third-order valence-electron chi connectivity index (χ3n) is 2.71. The van der Waals surface area contributed by atoms with Gasteiger partial charge in [0, 0.05) is 16.7 Å². The van der Waals surface area contributed by atoms with Gasteiger partial charge in [-0.15, -0.1) is 11.8 Å². The van der Waals surface area contributed by atoms with Crippen molar-refractivity contribution in [3.63, 3.8) is 0 Å². The Morgan fingerprint density at radius 2 is 2.12 bits per heavy atom. The molecule has 0 radical (unpaired) electrons. The van der Waals surface area contributed by atoms with E-state index in [2.05, 4.69) is 36.5 Å². The number of aryl methyl sites for hydroxylation is 1. The second kappa shape index (κ2) is 4.89. The SMILES string of the molecule is Cc1ccc(S[C@H]2CN[C@H](C(=O)O)C2)cc1. The summed E-state index contributed by atoms with van der Waals surface area (Å²) in [7, 11) is 0. The molecule has 2 atom stereocenters. The van der Waals surface area contributed by atoms with E-state index in [4.69, 9.17) is 5.11 Å². The molecule has 1 aliphatic rings. The van der Waals surface area contributed by atoms with Gasteiger partial charge in [-0.25, -0.2) is 0 Å². The zero-order chi connectivity index (χ0) is 11.5. The molecule has 1 aromatic rings. The molecule has 16 heavy (non-hydrogen) atoms. The molecule has 86 valence electrons. The first kappa shape index (κ1) is 11.5. The van der Waals surface area contributed by atoms with E-state index >= 15 is 0 Å². The molecular formula is C12H15NO2S. The molecule has 0 spiro atoms. The van der Waals surface area contributed by atoms with Crippen LogP contribution < -0.4 is 5.32 Å². The van der Waals surface area contributed by atoms with E-state index in [-0.39, 0.29) is 6.04 Å². The van der Waals surface area contributed by atoms with E-state index in [9.17, 15) is 4.79 Å². The van der Waals surface area contributed by atoms with E-state index in [1.807, 2.05) is 0 Å². The lowest BCUT2D eigenvalue weighted by molar-refractivity contribution is -0.139. The first-order valence-corrected chi connectivity index (χ1v) is 6.22. The molecule has 0 aromatic heterocycles. The van der Waals surface area contributed by atoms with Crippen LogP contribution in [0.4, 0.5) is 0 Å². The first-order chi connectivity index (χ1) is 7.65. The Morgan fingerprint density at radius 3 is 2.69 bits per heavy atom. The predicted molar refractivity (Wildman–Crippen MR) is 64.9 cm³/mol. The van der Waals surface area contributed by atoms with Crippen LogP contribution in [0.25, 0.3) is 0 Å². The summed E-state index contributed by atoms with van der Waals surface area (Å²) in [6, 6.07) is 7.98. The van der Waals surface area contributed by atoms with E-state index in [0.29, 0.717) is 11.7 Å². The number of thioether (sulfide) groups is 1. The molecule has 0 saturated carbocycles. The fourth-order valence-electron chi connectivity index (χ4n) is 1.79. The zero-order valence-electron chi connectivity index (χ0n) is 9.14. The number of aliphatic carboxylic acids is 1. The van der Waals surface area contributed by atoms with Gasteiger partial charge in [0.1, 0.15) is 6.04 Å². The Labute approximate surface area is 99.2 Å². The molecule has 2 rings (SSSR count). The van der Waals surface area contributed by atoms with Crippen LogP contribution in [0.3, 0.4) is 0 Å². The summed E-state index contributed by atoms with van der Waals surface area (Å²) in [5, 5.41) is 12.2. The van der Waals surface area contributed by atoms with Crippen molar-refractivity contribution in [3.05, 3.63) is 29.8 Å². The fraction of sp³-hybridized carbons (Fsp3) is 0.417. The second-order valence-corrected chi connectivity index (χ2v) is 5.46. The molecule has 1 heterocycles. The number of carboxylic acids is 1. The van der Waals surface area contributed by atoms with E-state index in [0.717, 1.165) is 6.54 Å². The minimum Gasteiger partial charge on any atom is -0.480 e. The number of carboxylic acid groups (broad SMARTS) is 1. The van der Waals surface area contributed by atoms with Crippen molar-refractivity contribution in [1.82, 2.24) is 5.32 Å². The molecule has 0 bridgehead atoms. The van der Waals surface area contributed by atoms with Gasteiger partial charge in [0.05, 0.1) is 0 Å². The van der Waals surface area contributed by atoms with Gasteiger partial charge in [-0.05, 0) is 25.5 Å². The molecule has 0 unspecified atom stereocenters. The number of hydrogen-bond acceptors (Lipinski definition) is 3. The van der Waals surface area contributed by atoms with Crippen LogP contribution in [0, 0.1) is 6.92 Å². The number of nitrogens with one attached hydrogen (secondary N) is 1. The maximum absolute atomic E-state index is 10.8. The van der Waals surface area contributed by atoms with Crippen molar-refractivity contribution in [2.45, 2.75) is 29.5 Å². The lowest BCUT2D eigenvalue weighted by Gasteiger charge is -2.08. The zero-order valence-corrected chi connectivity index (χ0v) is 9.96. The summed E-state index contributed by atoms with van der Waals surface area (Å²) in [6.45, 7) is 2.83. The van der Waals surface area contributed by atoms with E-state index in [1.165, 1.54) is 10.5 Å². The van der Waals surface area contributed by atoms with Crippen LogP contribution >= 0.6 is 11.8 Å².